The maximum absolute atomic E-state index is 12.6. The van der Waals surface area contributed by atoms with Crippen LogP contribution in [0.1, 0.15) is 27.7 Å². The molecule has 176 valence electrons. The smallest absolute Gasteiger partial charge is 0.355 e. The van der Waals surface area contributed by atoms with Crippen LogP contribution in [-0.2, 0) is 16.0 Å². The number of nitrogens with zero attached hydrogens (tertiary/aromatic N) is 1. The monoisotopic (exact) mass is 505 g/mol. The Labute approximate surface area is 210 Å². The maximum Gasteiger partial charge on any atom is 0.355 e. The molecule has 0 aliphatic rings. The van der Waals surface area contributed by atoms with Gasteiger partial charge in [-0.2, -0.15) is 5.10 Å². The molecule has 3 aromatic carbocycles. The fourth-order valence-corrected chi connectivity index (χ4v) is 4.53. The largest absolute Gasteiger partial charge is 0.422 e. The third-order valence-electron chi connectivity index (χ3n) is 5.02. The highest BCUT2D eigenvalue weighted by molar-refractivity contribution is 7.21. The number of carbonyl (C=O) groups is 3. The van der Waals surface area contributed by atoms with E-state index in [-0.39, 0.29) is 0 Å². The number of benzene rings is 3. The highest BCUT2D eigenvalue weighted by Gasteiger charge is 2.19. The quantitative estimate of drug-likeness (QED) is 0.120. The number of halogens is 1. The van der Waals surface area contributed by atoms with Gasteiger partial charge in [0.2, 0.25) is 0 Å². The third kappa shape index (κ3) is 5.92. The van der Waals surface area contributed by atoms with Crippen LogP contribution in [0.5, 0.6) is 5.75 Å². The van der Waals surface area contributed by atoms with Crippen molar-refractivity contribution in [2.24, 2.45) is 5.10 Å². The fourth-order valence-electron chi connectivity index (χ4n) is 3.15. The summed E-state index contributed by atoms with van der Waals surface area (Å²) in [5.74, 6) is -1.93. The zero-order valence-corrected chi connectivity index (χ0v) is 20.2. The minimum Gasteiger partial charge on any atom is -0.422 e. The molecule has 0 bridgehead atoms. The average Bonchev–Trinajstić information content (AvgIpc) is 3.22. The van der Waals surface area contributed by atoms with E-state index in [2.05, 4.69) is 15.8 Å². The Kier molecular flexibility index (Phi) is 7.54. The molecule has 0 saturated carbocycles. The molecule has 0 spiro atoms. The highest BCUT2D eigenvalue weighted by atomic mass is 35.5. The van der Waals surface area contributed by atoms with Gasteiger partial charge < -0.3 is 10.1 Å². The average molecular weight is 506 g/mol. The number of amides is 2. The Bertz CT molecular complexity index is 1410. The van der Waals surface area contributed by atoms with Crippen LogP contribution in [0.15, 0.2) is 77.9 Å². The first kappa shape index (κ1) is 24.1. The van der Waals surface area contributed by atoms with Crippen molar-refractivity contribution in [1.82, 2.24) is 5.43 Å². The van der Waals surface area contributed by atoms with Crippen LogP contribution >= 0.6 is 22.9 Å². The normalized spacial score (nSPS) is 10.9. The number of esters is 1. The van der Waals surface area contributed by atoms with E-state index < -0.39 is 17.8 Å². The van der Waals surface area contributed by atoms with Crippen molar-refractivity contribution in [3.63, 3.8) is 0 Å². The lowest BCUT2D eigenvalue weighted by atomic mass is 10.1. The summed E-state index contributed by atoms with van der Waals surface area (Å²) in [6, 6.07) is 21.2. The molecule has 35 heavy (non-hydrogen) atoms. The number of anilines is 1. The molecule has 2 amide bonds. The zero-order valence-electron chi connectivity index (χ0n) is 18.6. The number of fused-ring (bicyclic) bond motifs is 1. The number of rotatable bonds is 6. The number of hydrazone groups is 1. The van der Waals surface area contributed by atoms with Crippen molar-refractivity contribution >= 4 is 62.7 Å². The minimum atomic E-state index is -0.897. The van der Waals surface area contributed by atoms with E-state index in [9.17, 15) is 14.4 Å². The molecule has 9 heteroatoms. The molecule has 4 rings (SSSR count). The number of thiophene rings is 1. The van der Waals surface area contributed by atoms with E-state index in [1.807, 2.05) is 43.3 Å². The van der Waals surface area contributed by atoms with Crippen molar-refractivity contribution in [1.29, 1.82) is 0 Å². The van der Waals surface area contributed by atoms with E-state index in [0.29, 0.717) is 26.9 Å². The Morgan fingerprint density at radius 3 is 2.37 bits per heavy atom. The molecular weight excluding hydrogens is 486 g/mol. The van der Waals surface area contributed by atoms with Crippen LogP contribution < -0.4 is 15.5 Å². The van der Waals surface area contributed by atoms with E-state index in [0.717, 1.165) is 22.1 Å². The molecular formula is C26H20ClN3O4S. The van der Waals surface area contributed by atoms with Gasteiger partial charge in [0.05, 0.1) is 11.2 Å². The predicted molar refractivity (Wildman–Crippen MR) is 138 cm³/mol. The predicted octanol–water partition coefficient (Wildman–Crippen LogP) is 5.43. The summed E-state index contributed by atoms with van der Waals surface area (Å²) in [5.41, 5.74) is 4.45. The van der Waals surface area contributed by atoms with E-state index in [1.165, 1.54) is 17.6 Å². The summed E-state index contributed by atoms with van der Waals surface area (Å²) < 4.78 is 6.33. The molecule has 0 radical (unpaired) electrons. The summed E-state index contributed by atoms with van der Waals surface area (Å²) in [7, 11) is 0. The topological polar surface area (TPSA) is 96.9 Å². The van der Waals surface area contributed by atoms with Crippen molar-refractivity contribution in [2.45, 2.75) is 13.3 Å². The van der Waals surface area contributed by atoms with Crippen molar-refractivity contribution in [3.8, 4) is 5.75 Å². The molecule has 1 aromatic heterocycles. The fraction of sp³-hybridized carbons (Fsp3) is 0.0769. The van der Waals surface area contributed by atoms with E-state index >= 15 is 0 Å². The number of aryl methyl sites for hydroxylation is 1. The number of hydrogen-bond acceptors (Lipinski definition) is 6. The van der Waals surface area contributed by atoms with Crippen LogP contribution in [0.25, 0.3) is 10.1 Å². The van der Waals surface area contributed by atoms with Gasteiger partial charge in [-0.15, -0.1) is 11.3 Å². The van der Waals surface area contributed by atoms with Crippen LogP contribution in [0.3, 0.4) is 0 Å². The number of hydrogen-bond donors (Lipinski definition) is 2. The Morgan fingerprint density at radius 2 is 1.69 bits per heavy atom. The number of carbonyl (C=O) groups excluding carboxylic acids is 3. The van der Waals surface area contributed by atoms with Gasteiger partial charge in [-0.1, -0.05) is 48.9 Å². The molecule has 1 heterocycles. The SMILES string of the molecule is CCc1ccc(NC(=O)C(=O)NN=Cc2ccc(OC(=O)c3sc4ccccc4c3Cl)cc2)cc1. The number of nitrogens with one attached hydrogen (secondary N) is 2. The molecule has 0 aliphatic carbocycles. The van der Waals surface area contributed by atoms with Gasteiger partial charge in [0.25, 0.3) is 0 Å². The lowest BCUT2D eigenvalue weighted by Crippen LogP contribution is -2.32. The van der Waals surface area contributed by atoms with Crippen molar-refractivity contribution in [2.75, 3.05) is 5.32 Å². The third-order valence-corrected chi connectivity index (χ3v) is 6.67. The van der Waals surface area contributed by atoms with Gasteiger partial charge >= 0.3 is 17.8 Å². The minimum absolute atomic E-state index is 0.332. The van der Waals surface area contributed by atoms with Crippen LogP contribution in [0.2, 0.25) is 5.02 Å². The summed E-state index contributed by atoms with van der Waals surface area (Å²) >= 11 is 7.61. The van der Waals surface area contributed by atoms with Gasteiger partial charge in [-0.05, 0) is 60.0 Å². The van der Waals surface area contributed by atoms with Gasteiger partial charge in [-0.25, -0.2) is 10.2 Å². The summed E-state index contributed by atoms with van der Waals surface area (Å²) in [6.07, 6.45) is 2.25. The molecule has 0 unspecified atom stereocenters. The molecule has 7 nitrogen and oxygen atoms in total. The maximum atomic E-state index is 12.6. The Hall–Kier alpha value is -4.01. The van der Waals surface area contributed by atoms with Gasteiger partial charge in [0, 0.05) is 15.8 Å². The highest BCUT2D eigenvalue weighted by Crippen LogP contribution is 2.35. The van der Waals surface area contributed by atoms with Crippen molar-refractivity contribution in [3.05, 3.63) is 93.8 Å². The van der Waals surface area contributed by atoms with Gasteiger partial charge in [-0.3, -0.25) is 9.59 Å². The second kappa shape index (κ2) is 10.9. The standard InChI is InChI=1S/C26H20ClN3O4S/c1-2-16-7-11-18(12-8-16)29-24(31)25(32)30-28-15-17-9-13-19(14-10-17)34-26(33)23-22(27)20-5-3-4-6-21(20)35-23/h3-15H,2H2,1H3,(H,29,31)(H,30,32). The van der Waals surface area contributed by atoms with E-state index in [1.54, 1.807) is 36.4 Å². The first-order chi connectivity index (χ1) is 16.9. The molecule has 4 aromatic rings. The van der Waals surface area contributed by atoms with Crippen LogP contribution in [0, 0.1) is 0 Å². The molecule has 0 saturated heterocycles. The molecule has 0 fully saturated rings. The second-order valence-corrected chi connectivity index (χ2v) is 8.83. The molecule has 2 N–H and O–H groups in total. The molecule has 0 atom stereocenters. The first-order valence-corrected chi connectivity index (χ1v) is 11.9. The summed E-state index contributed by atoms with van der Waals surface area (Å²) in [6.45, 7) is 2.03. The second-order valence-electron chi connectivity index (χ2n) is 7.40. The Morgan fingerprint density at radius 1 is 0.971 bits per heavy atom. The van der Waals surface area contributed by atoms with Crippen LogP contribution in [0.4, 0.5) is 5.69 Å². The zero-order chi connectivity index (χ0) is 24.8. The summed E-state index contributed by atoms with van der Waals surface area (Å²) in [4.78, 5) is 36.8. The van der Waals surface area contributed by atoms with Crippen molar-refractivity contribution < 1.29 is 19.1 Å². The van der Waals surface area contributed by atoms with Gasteiger partial charge in [0.1, 0.15) is 10.6 Å². The van der Waals surface area contributed by atoms with Crippen LogP contribution in [-0.4, -0.2) is 24.0 Å². The van der Waals surface area contributed by atoms with E-state index in [4.69, 9.17) is 16.3 Å². The first-order valence-electron chi connectivity index (χ1n) is 10.7. The Balaban J connectivity index is 1.30. The lowest BCUT2D eigenvalue weighted by Gasteiger charge is -2.05. The summed E-state index contributed by atoms with van der Waals surface area (Å²) in [5, 5.41) is 7.49. The number of ether oxygens (including phenoxy) is 1. The molecule has 0 aliphatic heterocycles. The lowest BCUT2D eigenvalue weighted by molar-refractivity contribution is -0.136. The van der Waals surface area contributed by atoms with Gasteiger partial charge in [0.15, 0.2) is 0 Å².